The topological polar surface area (TPSA) is 54.9 Å². The van der Waals surface area contributed by atoms with Crippen LogP contribution in [0.2, 0.25) is 5.02 Å². The number of nitrogens with zero attached hydrogens (tertiary/aromatic N) is 2. The quantitative estimate of drug-likeness (QED) is 0.675. The van der Waals surface area contributed by atoms with Gasteiger partial charge >= 0.3 is 0 Å². The third-order valence-electron chi connectivity index (χ3n) is 2.91. The molecule has 3 rings (SSSR count). The number of hydrogen-bond acceptors (Lipinski definition) is 5. The van der Waals surface area contributed by atoms with Crippen LogP contribution in [0.25, 0.3) is 11.4 Å². The van der Waals surface area contributed by atoms with Gasteiger partial charge in [-0.1, -0.05) is 53.7 Å². The second kappa shape index (κ2) is 7.59. The summed E-state index contributed by atoms with van der Waals surface area (Å²) in [4.78, 5) is 16.3. The van der Waals surface area contributed by atoms with Crippen molar-refractivity contribution in [2.75, 3.05) is 11.1 Å². The molecule has 0 unspecified atom stereocenters. The van der Waals surface area contributed by atoms with Gasteiger partial charge in [0, 0.05) is 11.3 Å². The molecule has 3 aromatic rings. The number of hydrogen-bond donors (Lipinski definition) is 1. The predicted molar refractivity (Wildman–Crippen MR) is 96.2 cm³/mol. The lowest BCUT2D eigenvalue weighted by molar-refractivity contribution is -0.113. The molecule has 116 valence electrons. The molecule has 0 aliphatic rings. The van der Waals surface area contributed by atoms with Crippen molar-refractivity contribution in [2.45, 2.75) is 4.34 Å². The summed E-state index contributed by atoms with van der Waals surface area (Å²) >= 11 is 8.76. The summed E-state index contributed by atoms with van der Waals surface area (Å²) in [5, 5.41) is 3.45. The Labute approximate surface area is 147 Å². The summed E-state index contributed by atoms with van der Waals surface area (Å²) in [6.07, 6.45) is 0. The van der Waals surface area contributed by atoms with Gasteiger partial charge in [-0.3, -0.25) is 4.79 Å². The van der Waals surface area contributed by atoms with Gasteiger partial charge in [0.25, 0.3) is 0 Å². The van der Waals surface area contributed by atoms with Gasteiger partial charge in [0.05, 0.1) is 10.8 Å². The number of nitrogens with one attached hydrogen (secondary N) is 1. The number of aromatic nitrogens is 2. The lowest BCUT2D eigenvalue weighted by Gasteiger charge is -2.03. The van der Waals surface area contributed by atoms with Crippen LogP contribution in [0.3, 0.4) is 0 Å². The molecule has 1 aromatic heterocycles. The zero-order chi connectivity index (χ0) is 16.1. The second-order valence-corrected chi connectivity index (χ2v) is 6.95. The molecule has 1 heterocycles. The monoisotopic (exact) mass is 361 g/mol. The van der Waals surface area contributed by atoms with Gasteiger partial charge in [-0.05, 0) is 35.8 Å². The Morgan fingerprint density at radius 3 is 2.65 bits per heavy atom. The number of para-hydroxylation sites is 1. The Kier molecular flexibility index (Phi) is 5.27. The van der Waals surface area contributed by atoms with E-state index in [1.54, 1.807) is 6.07 Å². The third-order valence-corrected chi connectivity index (χ3v) is 5.07. The lowest BCUT2D eigenvalue weighted by atomic mass is 10.2. The molecule has 0 fully saturated rings. The molecular formula is C16H12ClN3OS2. The SMILES string of the molecule is O=C(CSc1nc(-c2ccccc2Cl)ns1)Nc1ccccc1. The van der Waals surface area contributed by atoms with Gasteiger partial charge in [0.2, 0.25) is 5.91 Å². The molecule has 1 amide bonds. The van der Waals surface area contributed by atoms with Crippen LogP contribution in [-0.2, 0) is 4.79 Å². The van der Waals surface area contributed by atoms with E-state index in [-0.39, 0.29) is 11.7 Å². The van der Waals surface area contributed by atoms with Crippen molar-refractivity contribution in [1.82, 2.24) is 9.36 Å². The molecule has 0 bridgehead atoms. The number of carbonyl (C=O) groups excluding carboxylic acids is 1. The van der Waals surface area contributed by atoms with Crippen LogP contribution in [-0.4, -0.2) is 21.0 Å². The molecule has 2 aromatic carbocycles. The largest absolute Gasteiger partial charge is 0.325 e. The van der Waals surface area contributed by atoms with Gasteiger partial charge in [0.15, 0.2) is 10.2 Å². The molecule has 0 saturated carbocycles. The third kappa shape index (κ3) is 4.31. The standard InChI is InChI=1S/C16H12ClN3OS2/c17-13-9-5-4-8-12(13)15-19-16(23-20-15)22-10-14(21)18-11-6-2-1-3-7-11/h1-9H,10H2,(H,18,21). The Morgan fingerprint density at radius 1 is 1.13 bits per heavy atom. The van der Waals surface area contributed by atoms with Crippen LogP contribution in [0.4, 0.5) is 5.69 Å². The fourth-order valence-corrected chi connectivity index (χ4v) is 3.49. The van der Waals surface area contributed by atoms with Gasteiger partial charge < -0.3 is 5.32 Å². The molecule has 1 N–H and O–H groups in total. The highest BCUT2D eigenvalue weighted by Gasteiger charge is 2.11. The van der Waals surface area contributed by atoms with Crippen LogP contribution >= 0.6 is 34.9 Å². The Bertz CT molecular complexity index is 808. The number of amides is 1. The lowest BCUT2D eigenvalue weighted by Crippen LogP contribution is -2.13. The fourth-order valence-electron chi connectivity index (χ4n) is 1.87. The second-order valence-electron chi connectivity index (χ2n) is 4.57. The summed E-state index contributed by atoms with van der Waals surface area (Å²) in [6, 6.07) is 16.8. The smallest absolute Gasteiger partial charge is 0.234 e. The first-order chi connectivity index (χ1) is 11.2. The van der Waals surface area contributed by atoms with Crippen LogP contribution in [0.5, 0.6) is 0 Å². The first-order valence-electron chi connectivity index (χ1n) is 6.79. The van der Waals surface area contributed by atoms with Gasteiger partial charge in [-0.15, -0.1) is 0 Å². The zero-order valence-electron chi connectivity index (χ0n) is 11.9. The van der Waals surface area contributed by atoms with Crippen molar-refractivity contribution in [3.63, 3.8) is 0 Å². The van der Waals surface area contributed by atoms with Gasteiger partial charge in [-0.2, -0.15) is 4.37 Å². The minimum atomic E-state index is -0.0734. The van der Waals surface area contributed by atoms with Crippen LogP contribution in [0, 0.1) is 0 Å². The average molecular weight is 362 g/mol. The van der Waals surface area contributed by atoms with Crippen LogP contribution in [0.1, 0.15) is 0 Å². The maximum atomic E-state index is 11.9. The molecule has 0 radical (unpaired) electrons. The summed E-state index contributed by atoms with van der Waals surface area (Å²) in [6.45, 7) is 0. The Morgan fingerprint density at radius 2 is 1.87 bits per heavy atom. The summed E-state index contributed by atoms with van der Waals surface area (Å²) < 4.78 is 5.04. The average Bonchev–Trinajstić information content (AvgIpc) is 3.03. The van der Waals surface area contributed by atoms with E-state index in [0.29, 0.717) is 10.8 Å². The predicted octanol–water partition coefficient (Wildman–Crippen LogP) is 4.59. The van der Waals surface area contributed by atoms with Gasteiger partial charge in [0.1, 0.15) is 0 Å². The first kappa shape index (κ1) is 16.0. The van der Waals surface area contributed by atoms with E-state index in [1.807, 2.05) is 48.5 Å². The van der Waals surface area contributed by atoms with E-state index in [4.69, 9.17) is 11.6 Å². The molecule has 0 spiro atoms. The number of halogens is 1. The maximum absolute atomic E-state index is 11.9. The Balaban J connectivity index is 1.59. The summed E-state index contributed by atoms with van der Waals surface area (Å²) in [5.41, 5.74) is 1.58. The molecule has 0 atom stereocenters. The van der Waals surface area contributed by atoms with Gasteiger partial charge in [-0.25, -0.2) is 4.98 Å². The molecule has 0 aliphatic carbocycles. The van der Waals surface area contributed by atoms with E-state index in [2.05, 4.69) is 14.7 Å². The van der Waals surface area contributed by atoms with E-state index < -0.39 is 0 Å². The molecular weight excluding hydrogens is 350 g/mol. The molecule has 23 heavy (non-hydrogen) atoms. The maximum Gasteiger partial charge on any atom is 0.234 e. The number of thioether (sulfide) groups is 1. The number of rotatable bonds is 5. The fraction of sp³-hybridized carbons (Fsp3) is 0.0625. The minimum absolute atomic E-state index is 0.0734. The van der Waals surface area contributed by atoms with Crippen LogP contribution in [0.15, 0.2) is 58.9 Å². The number of anilines is 1. The van der Waals surface area contributed by atoms with Crippen molar-refractivity contribution < 1.29 is 4.79 Å². The van der Waals surface area contributed by atoms with E-state index in [1.165, 1.54) is 23.3 Å². The molecule has 7 heteroatoms. The highest BCUT2D eigenvalue weighted by Crippen LogP contribution is 2.29. The van der Waals surface area contributed by atoms with E-state index in [0.717, 1.165) is 15.6 Å². The zero-order valence-corrected chi connectivity index (χ0v) is 14.3. The first-order valence-corrected chi connectivity index (χ1v) is 8.92. The number of carbonyl (C=O) groups is 1. The highest BCUT2D eigenvalue weighted by atomic mass is 35.5. The normalized spacial score (nSPS) is 10.5. The summed E-state index contributed by atoms with van der Waals surface area (Å²) in [5.74, 6) is 0.800. The highest BCUT2D eigenvalue weighted by molar-refractivity contribution is 8.01. The van der Waals surface area contributed by atoms with Crippen molar-refractivity contribution in [3.8, 4) is 11.4 Å². The Hall–Kier alpha value is -1.89. The molecule has 0 saturated heterocycles. The van der Waals surface area contributed by atoms with Crippen molar-refractivity contribution in [3.05, 3.63) is 59.6 Å². The number of benzene rings is 2. The van der Waals surface area contributed by atoms with Crippen LogP contribution < -0.4 is 5.32 Å². The molecule has 4 nitrogen and oxygen atoms in total. The molecule has 0 aliphatic heterocycles. The van der Waals surface area contributed by atoms with Crippen molar-refractivity contribution >= 4 is 46.5 Å². The summed E-state index contributed by atoms with van der Waals surface area (Å²) in [7, 11) is 0. The van der Waals surface area contributed by atoms with Crippen molar-refractivity contribution in [1.29, 1.82) is 0 Å². The van der Waals surface area contributed by atoms with E-state index >= 15 is 0 Å². The van der Waals surface area contributed by atoms with E-state index in [9.17, 15) is 4.79 Å². The minimum Gasteiger partial charge on any atom is -0.325 e. The van der Waals surface area contributed by atoms with Crippen molar-refractivity contribution in [2.24, 2.45) is 0 Å².